The van der Waals surface area contributed by atoms with E-state index in [9.17, 15) is 13.2 Å². The number of thiocarbonyl (C=S) groups is 1. The topological polar surface area (TPSA) is 71.9 Å². The van der Waals surface area contributed by atoms with Crippen molar-refractivity contribution < 1.29 is 17.9 Å². The zero-order valence-corrected chi connectivity index (χ0v) is 20.6. The Bertz CT molecular complexity index is 1210. The fourth-order valence-corrected chi connectivity index (χ4v) is 6.79. The first-order chi connectivity index (χ1) is 15.2. The van der Waals surface area contributed by atoms with Crippen molar-refractivity contribution in [2.45, 2.75) is 25.7 Å². The second kappa shape index (κ2) is 9.11. The molecule has 1 aromatic heterocycles. The lowest BCUT2D eigenvalue weighted by atomic mass is 10.2. The highest BCUT2D eigenvalue weighted by Gasteiger charge is 2.31. The molecule has 2 saturated heterocycles. The average molecular weight is 492 g/mol. The van der Waals surface area contributed by atoms with Gasteiger partial charge in [0.1, 0.15) is 4.32 Å². The molecule has 4 rings (SSSR count). The lowest BCUT2D eigenvalue weighted by molar-refractivity contribution is -0.121. The second-order valence-corrected chi connectivity index (χ2v) is 11.2. The van der Waals surface area contributed by atoms with Crippen molar-refractivity contribution in [3.63, 3.8) is 0 Å². The van der Waals surface area contributed by atoms with Crippen molar-refractivity contribution in [1.29, 1.82) is 0 Å². The molecule has 2 fully saturated rings. The average Bonchev–Trinajstić information content (AvgIpc) is 3.22. The third kappa shape index (κ3) is 4.17. The molecule has 0 saturated carbocycles. The number of aryl methyl sites for hydroxylation is 1. The van der Waals surface area contributed by atoms with Gasteiger partial charge in [-0.05, 0) is 56.7 Å². The SMILES string of the molecule is CCN1C(=O)/C(=C\c2cc(C)n(-c3cccc(S(=O)(=O)N4CCOCC4)c3)c2C)SC1=S. The predicted octanol–water partition coefficient (Wildman–Crippen LogP) is 3.34. The molecule has 2 aliphatic rings. The molecule has 0 bridgehead atoms. The van der Waals surface area contributed by atoms with Crippen LogP contribution in [0, 0.1) is 13.8 Å². The van der Waals surface area contributed by atoms with Crippen molar-refractivity contribution in [2.75, 3.05) is 32.8 Å². The van der Waals surface area contributed by atoms with Gasteiger partial charge >= 0.3 is 0 Å². The number of rotatable bonds is 5. The number of thioether (sulfide) groups is 1. The van der Waals surface area contributed by atoms with Gasteiger partial charge in [0, 0.05) is 36.7 Å². The van der Waals surface area contributed by atoms with Gasteiger partial charge in [0.05, 0.1) is 23.0 Å². The molecule has 1 amide bonds. The van der Waals surface area contributed by atoms with Gasteiger partial charge in [0.15, 0.2) is 0 Å². The summed E-state index contributed by atoms with van der Waals surface area (Å²) >= 11 is 6.61. The Labute approximate surface area is 198 Å². The molecule has 0 aliphatic carbocycles. The highest BCUT2D eigenvalue weighted by atomic mass is 32.2. The third-order valence-electron chi connectivity index (χ3n) is 5.63. The van der Waals surface area contributed by atoms with Gasteiger partial charge < -0.3 is 9.30 Å². The van der Waals surface area contributed by atoms with Crippen LogP contribution in [0.3, 0.4) is 0 Å². The van der Waals surface area contributed by atoms with E-state index < -0.39 is 10.0 Å². The Kier molecular flexibility index (Phi) is 6.60. The molecule has 32 heavy (non-hydrogen) atoms. The number of aromatic nitrogens is 1. The highest BCUT2D eigenvalue weighted by Crippen LogP contribution is 2.34. The number of hydrogen-bond acceptors (Lipinski definition) is 6. The van der Waals surface area contributed by atoms with E-state index >= 15 is 0 Å². The zero-order valence-electron chi connectivity index (χ0n) is 18.2. The molecule has 0 atom stereocenters. The lowest BCUT2D eigenvalue weighted by Crippen LogP contribution is -2.40. The summed E-state index contributed by atoms with van der Waals surface area (Å²) in [7, 11) is -3.59. The molecule has 2 aromatic rings. The fourth-order valence-electron chi connectivity index (χ4n) is 3.96. The summed E-state index contributed by atoms with van der Waals surface area (Å²) in [6, 6.07) is 8.97. The van der Waals surface area contributed by atoms with Crippen LogP contribution < -0.4 is 0 Å². The summed E-state index contributed by atoms with van der Waals surface area (Å²) < 4.78 is 35.5. The van der Waals surface area contributed by atoms with Crippen LogP contribution in [0.1, 0.15) is 23.9 Å². The maximum Gasteiger partial charge on any atom is 0.266 e. The van der Waals surface area contributed by atoms with Crippen molar-refractivity contribution in [3.8, 4) is 5.69 Å². The number of likely N-dealkylation sites (N-methyl/N-ethyl adjacent to an activating group) is 1. The van der Waals surface area contributed by atoms with Crippen LogP contribution in [0.4, 0.5) is 0 Å². The van der Waals surface area contributed by atoms with Crippen molar-refractivity contribution >= 4 is 50.3 Å². The highest BCUT2D eigenvalue weighted by molar-refractivity contribution is 8.26. The summed E-state index contributed by atoms with van der Waals surface area (Å²) in [5, 5.41) is 0. The van der Waals surface area contributed by atoms with Gasteiger partial charge in [0.25, 0.3) is 5.91 Å². The standard InChI is InChI=1S/C22H25N3O4S3/c1-4-24-21(26)20(31-22(24)30)13-17-12-15(2)25(16(17)3)18-6-5-7-19(14-18)32(27,28)23-8-10-29-11-9-23/h5-7,12-14H,4,8-11H2,1-3H3/b20-13+. The first kappa shape index (κ1) is 23.2. The summed E-state index contributed by atoms with van der Waals surface area (Å²) in [4.78, 5) is 15.0. The molecule has 0 N–H and O–H groups in total. The molecule has 10 heteroatoms. The maximum absolute atomic E-state index is 13.1. The van der Waals surface area contributed by atoms with E-state index in [1.807, 2.05) is 43.5 Å². The molecule has 3 heterocycles. The quantitative estimate of drug-likeness (QED) is 0.472. The normalized spacial score (nSPS) is 19.3. The Morgan fingerprint density at radius 3 is 2.56 bits per heavy atom. The number of ether oxygens (including phenoxy) is 1. The van der Waals surface area contributed by atoms with Gasteiger partial charge in [-0.1, -0.05) is 30.0 Å². The fraction of sp³-hybridized carbons (Fsp3) is 0.364. The monoisotopic (exact) mass is 491 g/mol. The molecule has 7 nitrogen and oxygen atoms in total. The number of nitrogens with zero attached hydrogens (tertiary/aromatic N) is 3. The molecular weight excluding hydrogens is 466 g/mol. The van der Waals surface area contributed by atoms with Crippen LogP contribution >= 0.6 is 24.0 Å². The summed E-state index contributed by atoms with van der Waals surface area (Å²) in [6.45, 7) is 7.89. The number of carbonyl (C=O) groups is 1. The summed E-state index contributed by atoms with van der Waals surface area (Å²) in [6.07, 6.45) is 1.86. The lowest BCUT2D eigenvalue weighted by Gasteiger charge is -2.26. The molecule has 170 valence electrons. The molecule has 2 aliphatic heterocycles. The number of amides is 1. The zero-order chi connectivity index (χ0) is 23.0. The molecule has 0 radical (unpaired) electrons. The Morgan fingerprint density at radius 1 is 1.19 bits per heavy atom. The third-order valence-corrected chi connectivity index (χ3v) is 8.90. The Morgan fingerprint density at radius 2 is 1.91 bits per heavy atom. The molecule has 1 aromatic carbocycles. The number of morpholine rings is 1. The van der Waals surface area contributed by atoms with Gasteiger partial charge in [-0.2, -0.15) is 4.31 Å². The van der Waals surface area contributed by atoms with E-state index in [1.54, 1.807) is 23.1 Å². The molecule has 0 unspecified atom stereocenters. The Hall–Kier alpha value is -1.98. The number of benzene rings is 1. The van der Waals surface area contributed by atoms with E-state index in [2.05, 4.69) is 0 Å². The number of carbonyl (C=O) groups excluding carboxylic acids is 1. The van der Waals surface area contributed by atoms with Crippen molar-refractivity contribution in [1.82, 2.24) is 13.8 Å². The first-order valence-corrected chi connectivity index (χ1v) is 13.0. The van der Waals surface area contributed by atoms with E-state index in [0.29, 0.717) is 42.1 Å². The second-order valence-electron chi connectivity index (χ2n) is 7.60. The van der Waals surface area contributed by atoms with E-state index in [-0.39, 0.29) is 10.8 Å². The van der Waals surface area contributed by atoms with Crippen molar-refractivity contribution in [3.05, 3.63) is 52.2 Å². The molecular formula is C22H25N3O4S3. The van der Waals surface area contributed by atoms with Crippen LogP contribution in [-0.4, -0.2) is 65.3 Å². The molecule has 0 spiro atoms. The van der Waals surface area contributed by atoms with Gasteiger partial charge in [-0.3, -0.25) is 9.69 Å². The van der Waals surface area contributed by atoms with Crippen molar-refractivity contribution in [2.24, 2.45) is 0 Å². The maximum atomic E-state index is 13.1. The van der Waals surface area contributed by atoms with Gasteiger partial charge in [0.2, 0.25) is 10.0 Å². The predicted molar refractivity (Wildman–Crippen MR) is 130 cm³/mol. The summed E-state index contributed by atoms with van der Waals surface area (Å²) in [5.74, 6) is -0.0779. The van der Waals surface area contributed by atoms with Crippen LogP contribution in [0.2, 0.25) is 0 Å². The van der Waals surface area contributed by atoms with Crippen LogP contribution in [0.25, 0.3) is 11.8 Å². The van der Waals surface area contributed by atoms with E-state index in [4.69, 9.17) is 17.0 Å². The minimum atomic E-state index is -3.59. The van der Waals surface area contributed by atoms with Crippen LogP contribution in [0.15, 0.2) is 40.1 Å². The largest absolute Gasteiger partial charge is 0.379 e. The first-order valence-electron chi connectivity index (χ1n) is 10.4. The van der Waals surface area contributed by atoms with Gasteiger partial charge in [-0.25, -0.2) is 8.42 Å². The number of hydrogen-bond donors (Lipinski definition) is 0. The minimum absolute atomic E-state index is 0.0779. The van der Waals surface area contributed by atoms with Crippen LogP contribution in [-0.2, 0) is 19.6 Å². The Balaban J connectivity index is 1.70. The summed E-state index contributed by atoms with van der Waals surface area (Å²) in [5.41, 5.74) is 3.53. The van der Waals surface area contributed by atoms with Crippen LogP contribution in [0.5, 0.6) is 0 Å². The number of sulfonamides is 1. The van der Waals surface area contributed by atoms with E-state index in [0.717, 1.165) is 22.6 Å². The smallest absolute Gasteiger partial charge is 0.266 e. The van der Waals surface area contributed by atoms with Gasteiger partial charge in [-0.15, -0.1) is 0 Å². The minimum Gasteiger partial charge on any atom is -0.379 e. The van der Waals surface area contributed by atoms with E-state index in [1.165, 1.54) is 16.1 Å².